The van der Waals surface area contributed by atoms with Crippen LogP contribution in [0, 0.1) is 13.8 Å². The van der Waals surface area contributed by atoms with Gasteiger partial charge in [-0.2, -0.15) is 4.31 Å². The summed E-state index contributed by atoms with van der Waals surface area (Å²) in [5.74, 6) is -0.871. The first-order chi connectivity index (χ1) is 15.2. The molecule has 0 spiro atoms. The van der Waals surface area contributed by atoms with E-state index in [0.717, 1.165) is 16.8 Å². The molecule has 2 aromatic rings. The number of anilines is 1. The predicted octanol–water partition coefficient (Wildman–Crippen LogP) is 2.26. The van der Waals surface area contributed by atoms with Crippen molar-refractivity contribution in [3.05, 3.63) is 58.7 Å². The number of para-hydroxylation sites is 1. The number of nitrogens with one attached hydrogen (secondary N) is 2. The summed E-state index contributed by atoms with van der Waals surface area (Å²) in [6.45, 7) is 6.67. The van der Waals surface area contributed by atoms with Gasteiger partial charge in [-0.3, -0.25) is 9.59 Å². The van der Waals surface area contributed by atoms with Gasteiger partial charge in [0.2, 0.25) is 15.9 Å². The molecule has 0 unspecified atom stereocenters. The van der Waals surface area contributed by atoms with Crippen LogP contribution >= 0.6 is 0 Å². The zero-order valence-corrected chi connectivity index (χ0v) is 19.4. The Labute approximate surface area is 189 Å². The summed E-state index contributed by atoms with van der Waals surface area (Å²) in [6, 6.07) is 10.3. The van der Waals surface area contributed by atoms with E-state index < -0.39 is 15.9 Å². The molecule has 32 heavy (non-hydrogen) atoms. The van der Waals surface area contributed by atoms with Crippen LogP contribution in [-0.4, -0.2) is 57.4 Å². The number of nitrogens with zero attached hydrogens (tertiary/aromatic N) is 1. The standard InChI is InChI=1S/C23H29N3O5S/c1-4-18-8-9-19(14-20(18)32(29,30)26-10-12-31-13-11-26)23(28)24-15-21(27)25-22-16(2)6-5-7-17(22)3/h5-9,14H,4,10-13,15H2,1-3H3,(H,24,28)(H,25,27). The highest BCUT2D eigenvalue weighted by atomic mass is 32.2. The fraction of sp³-hybridized carbons (Fsp3) is 0.391. The van der Waals surface area contributed by atoms with Gasteiger partial charge in [0.1, 0.15) is 0 Å². The molecule has 0 atom stereocenters. The molecular weight excluding hydrogens is 430 g/mol. The second kappa shape index (κ2) is 10.2. The van der Waals surface area contributed by atoms with Gasteiger partial charge in [-0.25, -0.2) is 8.42 Å². The maximum Gasteiger partial charge on any atom is 0.251 e. The highest BCUT2D eigenvalue weighted by Gasteiger charge is 2.29. The molecule has 0 bridgehead atoms. The average molecular weight is 460 g/mol. The molecule has 0 saturated carbocycles. The first-order valence-corrected chi connectivity index (χ1v) is 12.0. The van der Waals surface area contributed by atoms with Crippen molar-refractivity contribution in [3.63, 3.8) is 0 Å². The Bertz CT molecular complexity index is 1090. The summed E-state index contributed by atoms with van der Waals surface area (Å²) in [4.78, 5) is 25.1. The Morgan fingerprint density at radius 3 is 2.34 bits per heavy atom. The molecule has 1 aliphatic rings. The SMILES string of the molecule is CCc1ccc(C(=O)NCC(=O)Nc2c(C)cccc2C)cc1S(=O)(=O)N1CCOCC1. The van der Waals surface area contributed by atoms with Crippen molar-refractivity contribution >= 4 is 27.5 Å². The Morgan fingerprint density at radius 2 is 1.72 bits per heavy atom. The van der Waals surface area contributed by atoms with Crippen molar-refractivity contribution in [2.75, 3.05) is 38.2 Å². The second-order valence-corrected chi connectivity index (χ2v) is 9.60. The van der Waals surface area contributed by atoms with E-state index in [-0.39, 0.29) is 36.0 Å². The van der Waals surface area contributed by atoms with Gasteiger partial charge in [-0.05, 0) is 49.1 Å². The van der Waals surface area contributed by atoms with Crippen LogP contribution in [0.1, 0.15) is 34.0 Å². The minimum Gasteiger partial charge on any atom is -0.379 e. The number of rotatable bonds is 7. The Balaban J connectivity index is 1.73. The molecular formula is C23H29N3O5S. The first kappa shape index (κ1) is 23.9. The van der Waals surface area contributed by atoms with Crippen molar-refractivity contribution in [2.24, 2.45) is 0 Å². The Morgan fingerprint density at radius 1 is 1.06 bits per heavy atom. The zero-order valence-electron chi connectivity index (χ0n) is 18.6. The van der Waals surface area contributed by atoms with Crippen molar-refractivity contribution in [3.8, 4) is 0 Å². The predicted molar refractivity (Wildman–Crippen MR) is 122 cm³/mol. The third kappa shape index (κ3) is 5.35. The van der Waals surface area contributed by atoms with E-state index in [4.69, 9.17) is 4.74 Å². The number of ether oxygens (including phenoxy) is 1. The molecule has 1 heterocycles. The van der Waals surface area contributed by atoms with Crippen LogP contribution in [0.25, 0.3) is 0 Å². The summed E-state index contributed by atoms with van der Waals surface area (Å²) in [7, 11) is -3.75. The first-order valence-electron chi connectivity index (χ1n) is 10.6. The molecule has 1 saturated heterocycles. The van der Waals surface area contributed by atoms with Gasteiger partial charge in [-0.1, -0.05) is 31.2 Å². The minimum atomic E-state index is -3.75. The lowest BCUT2D eigenvalue weighted by atomic mass is 10.1. The molecule has 3 rings (SSSR count). The van der Waals surface area contributed by atoms with Crippen LogP contribution in [0.5, 0.6) is 0 Å². The monoisotopic (exact) mass is 459 g/mol. The molecule has 1 aliphatic heterocycles. The van der Waals surface area contributed by atoms with E-state index >= 15 is 0 Å². The molecule has 2 aromatic carbocycles. The number of sulfonamides is 1. The van der Waals surface area contributed by atoms with Crippen LogP contribution in [0.4, 0.5) is 5.69 Å². The van der Waals surface area contributed by atoms with E-state index in [1.807, 2.05) is 39.0 Å². The Kier molecular flexibility index (Phi) is 7.65. The molecule has 0 aliphatic carbocycles. The van der Waals surface area contributed by atoms with Gasteiger partial charge in [0.25, 0.3) is 5.91 Å². The number of morpholine rings is 1. The van der Waals surface area contributed by atoms with Crippen molar-refractivity contribution < 1.29 is 22.7 Å². The maximum atomic E-state index is 13.1. The second-order valence-electron chi connectivity index (χ2n) is 7.69. The zero-order chi connectivity index (χ0) is 23.3. The van der Waals surface area contributed by atoms with Gasteiger partial charge in [0.05, 0.1) is 24.7 Å². The summed E-state index contributed by atoms with van der Waals surface area (Å²) in [5.41, 5.74) is 3.41. The van der Waals surface area contributed by atoms with Crippen molar-refractivity contribution in [1.29, 1.82) is 0 Å². The molecule has 2 N–H and O–H groups in total. The number of hydrogen-bond acceptors (Lipinski definition) is 5. The molecule has 2 amide bonds. The van der Waals surface area contributed by atoms with Crippen LogP contribution in [0.15, 0.2) is 41.3 Å². The fourth-order valence-electron chi connectivity index (χ4n) is 3.61. The average Bonchev–Trinajstić information content (AvgIpc) is 2.80. The van der Waals surface area contributed by atoms with Crippen molar-refractivity contribution in [2.45, 2.75) is 32.1 Å². The highest BCUT2D eigenvalue weighted by Crippen LogP contribution is 2.24. The lowest BCUT2D eigenvalue weighted by Gasteiger charge is -2.27. The van der Waals surface area contributed by atoms with Crippen molar-refractivity contribution in [1.82, 2.24) is 9.62 Å². The maximum absolute atomic E-state index is 13.1. The quantitative estimate of drug-likeness (QED) is 0.661. The summed E-state index contributed by atoms with van der Waals surface area (Å²) in [5, 5.41) is 5.39. The van der Waals surface area contributed by atoms with Crippen LogP contribution < -0.4 is 10.6 Å². The normalized spacial score (nSPS) is 14.7. The van der Waals surface area contributed by atoms with E-state index in [2.05, 4.69) is 10.6 Å². The number of carbonyl (C=O) groups excluding carboxylic acids is 2. The van der Waals surface area contributed by atoms with E-state index in [1.165, 1.54) is 10.4 Å². The van der Waals surface area contributed by atoms with Gasteiger partial charge in [0, 0.05) is 24.3 Å². The van der Waals surface area contributed by atoms with Crippen LogP contribution in [-0.2, 0) is 26.0 Å². The topological polar surface area (TPSA) is 105 Å². The Hall–Kier alpha value is -2.75. The van der Waals surface area contributed by atoms with Gasteiger partial charge >= 0.3 is 0 Å². The largest absolute Gasteiger partial charge is 0.379 e. The molecule has 0 aromatic heterocycles. The minimum absolute atomic E-state index is 0.120. The molecule has 0 radical (unpaired) electrons. The molecule has 8 nitrogen and oxygen atoms in total. The lowest BCUT2D eigenvalue weighted by Crippen LogP contribution is -2.41. The number of carbonyl (C=O) groups is 2. The smallest absolute Gasteiger partial charge is 0.251 e. The summed E-state index contributed by atoms with van der Waals surface area (Å²) < 4.78 is 32.9. The third-order valence-corrected chi connectivity index (χ3v) is 7.43. The van der Waals surface area contributed by atoms with Crippen LogP contribution in [0.3, 0.4) is 0 Å². The molecule has 1 fully saturated rings. The summed E-state index contributed by atoms with van der Waals surface area (Å²) >= 11 is 0. The third-order valence-electron chi connectivity index (χ3n) is 5.45. The number of aryl methyl sites for hydroxylation is 3. The lowest BCUT2D eigenvalue weighted by molar-refractivity contribution is -0.115. The van der Waals surface area contributed by atoms with E-state index in [0.29, 0.717) is 25.2 Å². The fourth-order valence-corrected chi connectivity index (χ4v) is 5.34. The van der Waals surface area contributed by atoms with E-state index in [9.17, 15) is 18.0 Å². The van der Waals surface area contributed by atoms with Gasteiger partial charge in [0.15, 0.2) is 0 Å². The number of hydrogen-bond donors (Lipinski definition) is 2. The van der Waals surface area contributed by atoms with Crippen LogP contribution in [0.2, 0.25) is 0 Å². The highest BCUT2D eigenvalue weighted by molar-refractivity contribution is 7.89. The summed E-state index contributed by atoms with van der Waals surface area (Å²) in [6.07, 6.45) is 0.513. The molecule has 9 heteroatoms. The number of benzene rings is 2. The van der Waals surface area contributed by atoms with Gasteiger partial charge < -0.3 is 15.4 Å². The molecule has 172 valence electrons. The van der Waals surface area contributed by atoms with Gasteiger partial charge in [-0.15, -0.1) is 0 Å². The number of amides is 2. The van der Waals surface area contributed by atoms with E-state index in [1.54, 1.807) is 12.1 Å².